The molecule has 6 atom stereocenters. The van der Waals surface area contributed by atoms with E-state index in [1.54, 1.807) is 0 Å². The lowest BCUT2D eigenvalue weighted by atomic mass is 9.45. The molecule has 4 rings (SSSR count). The molecule has 1 heteroatoms. The van der Waals surface area contributed by atoms with Gasteiger partial charge < -0.3 is 0 Å². The van der Waals surface area contributed by atoms with Crippen LogP contribution in [0.3, 0.4) is 0 Å². The molecule has 0 bridgehead atoms. The summed E-state index contributed by atoms with van der Waals surface area (Å²) in [4.78, 5) is 0. The quantitative estimate of drug-likeness (QED) is 0.488. The molecule has 124 valence electrons. The van der Waals surface area contributed by atoms with Crippen LogP contribution in [0.4, 0.5) is 4.39 Å². The Morgan fingerprint density at radius 3 is 2.68 bits per heavy atom. The number of halogens is 1. The standard InChI is InChI=1S/C21H33F/c1-4-15-8-10-17-18-11-9-16-7-5-6-12-20(16,3)21(18,22)14-13-19(15,17)2/h7,15,17-18H,4-6,8-14H2,1-3H3/t15-,17-,18-,19+,20-,21+/m0/s1. The third kappa shape index (κ3) is 1.69. The summed E-state index contributed by atoms with van der Waals surface area (Å²) in [6.45, 7) is 7.13. The van der Waals surface area contributed by atoms with Crippen LogP contribution < -0.4 is 0 Å². The van der Waals surface area contributed by atoms with Crippen LogP contribution in [-0.4, -0.2) is 5.67 Å². The zero-order valence-electron chi connectivity index (χ0n) is 14.8. The van der Waals surface area contributed by atoms with Crippen molar-refractivity contribution in [3.63, 3.8) is 0 Å². The molecule has 0 aromatic heterocycles. The second-order valence-corrected chi connectivity index (χ2v) is 9.26. The molecule has 0 N–H and O–H groups in total. The van der Waals surface area contributed by atoms with Gasteiger partial charge in [-0.3, -0.25) is 0 Å². The number of hydrogen-bond acceptors (Lipinski definition) is 0. The summed E-state index contributed by atoms with van der Waals surface area (Å²) in [6, 6.07) is 0. The van der Waals surface area contributed by atoms with Gasteiger partial charge in [0, 0.05) is 5.41 Å². The highest BCUT2D eigenvalue weighted by Gasteiger charge is 2.66. The molecular formula is C21H33F. The van der Waals surface area contributed by atoms with E-state index in [9.17, 15) is 0 Å². The Morgan fingerprint density at radius 2 is 1.91 bits per heavy atom. The van der Waals surface area contributed by atoms with Crippen LogP contribution in [0.15, 0.2) is 11.6 Å². The van der Waals surface area contributed by atoms with Gasteiger partial charge in [0.25, 0.3) is 0 Å². The van der Waals surface area contributed by atoms with Gasteiger partial charge >= 0.3 is 0 Å². The molecule has 0 heterocycles. The van der Waals surface area contributed by atoms with Crippen molar-refractivity contribution in [3.05, 3.63) is 11.6 Å². The van der Waals surface area contributed by atoms with E-state index in [4.69, 9.17) is 0 Å². The van der Waals surface area contributed by atoms with Crippen molar-refractivity contribution in [1.82, 2.24) is 0 Å². The molecule has 0 aromatic rings. The monoisotopic (exact) mass is 304 g/mol. The zero-order chi connectivity index (χ0) is 15.6. The Labute approximate surface area is 135 Å². The fourth-order valence-corrected chi connectivity index (χ4v) is 7.42. The molecule has 0 nitrogen and oxygen atoms in total. The first-order valence-electron chi connectivity index (χ1n) is 9.84. The summed E-state index contributed by atoms with van der Waals surface area (Å²) in [7, 11) is 0. The lowest BCUT2D eigenvalue weighted by molar-refractivity contribution is -0.144. The first-order chi connectivity index (χ1) is 10.5. The first-order valence-corrected chi connectivity index (χ1v) is 9.84. The molecule has 0 unspecified atom stereocenters. The van der Waals surface area contributed by atoms with Crippen molar-refractivity contribution in [2.24, 2.45) is 28.6 Å². The van der Waals surface area contributed by atoms with E-state index in [-0.39, 0.29) is 5.41 Å². The Hall–Kier alpha value is -0.330. The maximum absolute atomic E-state index is 16.5. The fraction of sp³-hybridized carbons (Fsp3) is 0.905. The summed E-state index contributed by atoms with van der Waals surface area (Å²) in [5.74, 6) is 1.83. The third-order valence-corrected chi connectivity index (χ3v) is 8.82. The maximum Gasteiger partial charge on any atom is 0.123 e. The van der Waals surface area contributed by atoms with Crippen LogP contribution in [-0.2, 0) is 0 Å². The van der Waals surface area contributed by atoms with E-state index in [0.29, 0.717) is 17.3 Å². The predicted octanol–water partition coefficient (Wildman–Crippen LogP) is 6.46. The summed E-state index contributed by atoms with van der Waals surface area (Å²) in [6.07, 6.45) is 14.1. The van der Waals surface area contributed by atoms with E-state index in [2.05, 4.69) is 26.8 Å². The normalized spacial score (nSPS) is 54.2. The van der Waals surface area contributed by atoms with E-state index >= 15 is 4.39 Å². The molecule has 0 saturated heterocycles. The second-order valence-electron chi connectivity index (χ2n) is 9.26. The minimum Gasteiger partial charge on any atom is -0.243 e. The molecule has 0 radical (unpaired) electrons. The van der Waals surface area contributed by atoms with Gasteiger partial charge in [-0.2, -0.15) is 0 Å². The fourth-order valence-electron chi connectivity index (χ4n) is 7.42. The van der Waals surface area contributed by atoms with Crippen LogP contribution in [0.1, 0.15) is 85.0 Å². The van der Waals surface area contributed by atoms with Gasteiger partial charge in [0.2, 0.25) is 0 Å². The smallest absolute Gasteiger partial charge is 0.123 e. The highest BCUT2D eigenvalue weighted by atomic mass is 19.1. The van der Waals surface area contributed by atoms with Crippen LogP contribution in [0, 0.1) is 28.6 Å². The van der Waals surface area contributed by atoms with Crippen LogP contribution in [0.25, 0.3) is 0 Å². The van der Waals surface area contributed by atoms with E-state index < -0.39 is 5.67 Å². The summed E-state index contributed by atoms with van der Waals surface area (Å²) >= 11 is 0. The Kier molecular flexibility index (Phi) is 3.34. The van der Waals surface area contributed by atoms with Crippen LogP contribution >= 0.6 is 0 Å². The summed E-state index contributed by atoms with van der Waals surface area (Å²) < 4.78 is 16.5. The molecule has 22 heavy (non-hydrogen) atoms. The average Bonchev–Trinajstić information content (AvgIpc) is 2.84. The van der Waals surface area contributed by atoms with Crippen LogP contribution in [0.2, 0.25) is 0 Å². The van der Waals surface area contributed by atoms with Gasteiger partial charge in [-0.25, -0.2) is 4.39 Å². The Balaban J connectivity index is 1.73. The number of allylic oxidation sites excluding steroid dienone is 2. The molecule has 0 aliphatic heterocycles. The second kappa shape index (κ2) is 4.84. The predicted molar refractivity (Wildman–Crippen MR) is 90.5 cm³/mol. The van der Waals surface area contributed by atoms with Gasteiger partial charge in [-0.15, -0.1) is 0 Å². The van der Waals surface area contributed by atoms with Crippen molar-refractivity contribution in [3.8, 4) is 0 Å². The van der Waals surface area contributed by atoms with Crippen molar-refractivity contribution in [2.45, 2.75) is 90.6 Å². The molecule has 0 amide bonds. The van der Waals surface area contributed by atoms with Crippen molar-refractivity contribution >= 4 is 0 Å². The first kappa shape index (κ1) is 15.2. The van der Waals surface area contributed by atoms with E-state index in [1.165, 1.54) is 44.1 Å². The molecule has 0 spiro atoms. The molecule has 3 fully saturated rings. The average molecular weight is 304 g/mol. The van der Waals surface area contributed by atoms with Crippen molar-refractivity contribution < 1.29 is 4.39 Å². The Bertz CT molecular complexity index is 494. The van der Waals surface area contributed by atoms with Gasteiger partial charge in [0.05, 0.1) is 0 Å². The van der Waals surface area contributed by atoms with Crippen molar-refractivity contribution in [2.75, 3.05) is 0 Å². The zero-order valence-corrected chi connectivity index (χ0v) is 14.8. The van der Waals surface area contributed by atoms with Crippen LogP contribution in [0.5, 0.6) is 0 Å². The highest BCUT2D eigenvalue weighted by Crippen LogP contribution is 2.69. The molecule has 0 aromatic carbocycles. The van der Waals surface area contributed by atoms with E-state index in [0.717, 1.165) is 31.6 Å². The van der Waals surface area contributed by atoms with Gasteiger partial charge in [-0.05, 0) is 81.0 Å². The highest BCUT2D eigenvalue weighted by molar-refractivity contribution is 5.29. The third-order valence-electron chi connectivity index (χ3n) is 8.82. The largest absolute Gasteiger partial charge is 0.243 e. The minimum absolute atomic E-state index is 0.139. The summed E-state index contributed by atoms with van der Waals surface area (Å²) in [5.41, 5.74) is 0.858. The molecule has 4 aliphatic rings. The Morgan fingerprint density at radius 1 is 1.09 bits per heavy atom. The van der Waals surface area contributed by atoms with Gasteiger partial charge in [0.1, 0.15) is 5.67 Å². The lowest BCUT2D eigenvalue weighted by Crippen LogP contribution is -2.60. The van der Waals surface area contributed by atoms with Crippen molar-refractivity contribution in [1.29, 1.82) is 0 Å². The molecule has 4 aliphatic carbocycles. The minimum atomic E-state index is -0.912. The lowest BCUT2D eigenvalue weighted by Gasteiger charge is -2.61. The van der Waals surface area contributed by atoms with Gasteiger partial charge in [-0.1, -0.05) is 38.8 Å². The number of fused-ring (bicyclic) bond motifs is 5. The molecular weight excluding hydrogens is 271 g/mol. The maximum atomic E-state index is 16.5. The number of hydrogen-bond donors (Lipinski definition) is 0. The SMILES string of the molecule is CC[C@H]1CC[C@H]2[C@@H]3CCC4=CCCC[C@]4(C)[C@@]3(F)CC[C@]12C. The number of alkyl halides is 1. The summed E-state index contributed by atoms with van der Waals surface area (Å²) in [5, 5.41) is 0. The number of rotatable bonds is 1. The van der Waals surface area contributed by atoms with Gasteiger partial charge in [0.15, 0.2) is 0 Å². The molecule has 3 saturated carbocycles. The topological polar surface area (TPSA) is 0 Å². The van der Waals surface area contributed by atoms with E-state index in [1.807, 2.05) is 0 Å².